The van der Waals surface area contributed by atoms with Crippen LogP contribution < -0.4 is 23.1 Å². The number of hydrogen-bond donors (Lipinski definition) is 1. The quantitative estimate of drug-likeness (QED) is 0.634. The van der Waals surface area contributed by atoms with Crippen LogP contribution in [0.25, 0.3) is 10.9 Å². The van der Waals surface area contributed by atoms with Crippen LogP contribution >= 0.6 is 0 Å². The van der Waals surface area contributed by atoms with Crippen LogP contribution in [-0.4, -0.2) is 40.1 Å². The van der Waals surface area contributed by atoms with E-state index in [-0.39, 0.29) is 0 Å². The predicted octanol–water partition coefficient (Wildman–Crippen LogP) is 2.32. The molecule has 1 atom stereocenters. The third-order valence-electron chi connectivity index (χ3n) is 4.01. The van der Waals surface area contributed by atoms with Crippen molar-refractivity contribution in [3.8, 4) is 17.2 Å². The van der Waals surface area contributed by atoms with Crippen molar-refractivity contribution >= 4 is 33.7 Å². The van der Waals surface area contributed by atoms with Crippen LogP contribution in [0.2, 0.25) is 0 Å². The summed E-state index contributed by atoms with van der Waals surface area (Å²) in [5, 5.41) is 0.398. The minimum absolute atomic E-state index is 0.376. The molecule has 0 aliphatic rings. The maximum atomic E-state index is 13.7. The Hall–Kier alpha value is -2.44. The van der Waals surface area contributed by atoms with Gasteiger partial charge < -0.3 is 0 Å². The molecule has 0 radical (unpaired) electrons. The zero-order chi connectivity index (χ0) is 19.0. The fraction of sp³-hybridized carbons (Fsp3) is 0.222. The Morgan fingerprint density at radius 1 is 0.923 bits per heavy atom. The van der Waals surface area contributed by atoms with Crippen molar-refractivity contribution in [2.24, 2.45) is 0 Å². The number of nitrogens with one attached hydrogen (secondary N) is 1. The number of rotatable bonds is 5. The van der Waals surface area contributed by atoms with Crippen molar-refractivity contribution in [1.82, 2.24) is 4.98 Å². The first-order valence-corrected chi connectivity index (χ1v) is 10.0. The second-order valence-corrected chi connectivity index (χ2v) is 8.49. The molecule has 1 aromatic heterocycles. The number of benzene rings is 2. The molecule has 1 unspecified atom stereocenters. The van der Waals surface area contributed by atoms with Gasteiger partial charge in [-0.05, 0) is 0 Å². The van der Waals surface area contributed by atoms with E-state index in [2.05, 4.69) is 4.98 Å². The summed E-state index contributed by atoms with van der Waals surface area (Å²) in [4.78, 5) is 2.96. The van der Waals surface area contributed by atoms with Gasteiger partial charge in [0.1, 0.15) is 0 Å². The summed E-state index contributed by atoms with van der Waals surface area (Å²) in [5.74, 6) is -0.800. The van der Waals surface area contributed by atoms with Gasteiger partial charge in [-0.25, -0.2) is 0 Å². The number of aryl methyl sites for hydroxylation is 1. The summed E-state index contributed by atoms with van der Waals surface area (Å²) in [6.07, 6.45) is 0. The van der Waals surface area contributed by atoms with E-state index in [1.54, 1.807) is 19.1 Å². The summed E-state index contributed by atoms with van der Waals surface area (Å²) < 4.78 is 57.3. The average Bonchev–Trinajstić information content (AvgIpc) is 2.94. The first-order valence-electron chi connectivity index (χ1n) is 7.60. The van der Waals surface area contributed by atoms with Gasteiger partial charge in [-0.1, -0.05) is 0 Å². The molecule has 0 amide bonds. The number of ether oxygens (including phenoxy) is 3. The van der Waals surface area contributed by atoms with Gasteiger partial charge in [0.2, 0.25) is 0 Å². The van der Waals surface area contributed by atoms with Crippen molar-refractivity contribution in [2.45, 2.75) is 6.92 Å². The first-order chi connectivity index (χ1) is 12.4. The third kappa shape index (κ3) is 2.95. The van der Waals surface area contributed by atoms with Crippen molar-refractivity contribution in [3.05, 3.63) is 41.6 Å². The number of fused-ring (bicyclic) bond motifs is 1. The molecule has 0 aliphatic heterocycles. The number of methoxy groups -OCH3 is 3. The monoisotopic (exact) mass is 429 g/mol. The molecule has 0 aliphatic carbocycles. The molecule has 26 heavy (non-hydrogen) atoms. The van der Waals surface area contributed by atoms with Crippen molar-refractivity contribution < 1.29 is 26.8 Å². The number of aromatic nitrogens is 1. The van der Waals surface area contributed by atoms with Crippen LogP contribution in [0.1, 0.15) is 5.69 Å². The van der Waals surface area contributed by atoms with Crippen LogP contribution in [-0.2, 0) is 3.83 Å². The van der Waals surface area contributed by atoms with Crippen molar-refractivity contribution in [3.63, 3.8) is 0 Å². The SMILES string of the molecule is COc1cc([Se](=O)c2c(C)[nH]c3cc(F)c(F)cc23)cc(OC)c1OC. The number of halogens is 2. The average molecular weight is 428 g/mol. The zero-order valence-electron chi connectivity index (χ0n) is 14.6. The summed E-state index contributed by atoms with van der Waals surface area (Å²) in [6, 6.07) is 5.35. The van der Waals surface area contributed by atoms with E-state index in [0.717, 1.165) is 12.1 Å². The molecular formula is C18H17F2NO4Se. The van der Waals surface area contributed by atoms with Gasteiger partial charge in [0, 0.05) is 0 Å². The van der Waals surface area contributed by atoms with E-state index in [1.807, 2.05) is 0 Å². The second kappa shape index (κ2) is 7.05. The molecule has 0 saturated carbocycles. The Kier molecular flexibility index (Phi) is 4.98. The molecule has 8 heteroatoms. The van der Waals surface area contributed by atoms with E-state index in [4.69, 9.17) is 14.2 Å². The molecular weight excluding hydrogens is 411 g/mol. The Morgan fingerprint density at radius 3 is 2.04 bits per heavy atom. The fourth-order valence-electron chi connectivity index (χ4n) is 2.82. The Morgan fingerprint density at radius 2 is 1.50 bits per heavy atom. The van der Waals surface area contributed by atoms with Crippen LogP contribution in [0.3, 0.4) is 0 Å². The van der Waals surface area contributed by atoms with Crippen LogP contribution in [0.4, 0.5) is 8.78 Å². The van der Waals surface area contributed by atoms with Gasteiger partial charge in [0.15, 0.2) is 0 Å². The molecule has 2 aromatic carbocycles. The third-order valence-corrected chi connectivity index (χ3v) is 7.28. The van der Waals surface area contributed by atoms with E-state index in [1.165, 1.54) is 21.3 Å². The molecule has 0 fully saturated rings. The first kappa shape index (κ1) is 18.4. The van der Waals surface area contributed by atoms with Gasteiger partial charge in [-0.15, -0.1) is 0 Å². The van der Waals surface area contributed by atoms with E-state index < -0.39 is 25.5 Å². The Balaban J connectivity index is 2.20. The Bertz CT molecular complexity index is 991. The number of hydrogen-bond acceptors (Lipinski definition) is 4. The summed E-state index contributed by atoms with van der Waals surface area (Å²) >= 11 is -2.83. The van der Waals surface area contributed by atoms with E-state index in [0.29, 0.717) is 42.8 Å². The van der Waals surface area contributed by atoms with Crippen LogP contribution in [0, 0.1) is 18.6 Å². The maximum absolute atomic E-state index is 13.7. The topological polar surface area (TPSA) is 60.6 Å². The van der Waals surface area contributed by atoms with Crippen LogP contribution in [0.15, 0.2) is 24.3 Å². The molecule has 0 spiro atoms. The number of aromatic amines is 1. The van der Waals surface area contributed by atoms with Gasteiger partial charge >= 0.3 is 153 Å². The van der Waals surface area contributed by atoms with Gasteiger partial charge in [-0.3, -0.25) is 0 Å². The molecule has 3 aromatic rings. The molecule has 3 rings (SSSR count). The predicted molar refractivity (Wildman–Crippen MR) is 94.8 cm³/mol. The summed E-state index contributed by atoms with van der Waals surface area (Å²) in [5.41, 5.74) is 0.993. The summed E-state index contributed by atoms with van der Waals surface area (Å²) in [7, 11) is 4.41. The van der Waals surface area contributed by atoms with Crippen LogP contribution in [0.5, 0.6) is 17.2 Å². The fourth-order valence-corrected chi connectivity index (χ4v) is 5.68. The minimum atomic E-state index is -2.83. The molecule has 138 valence electrons. The van der Waals surface area contributed by atoms with E-state index >= 15 is 0 Å². The zero-order valence-corrected chi connectivity index (χ0v) is 16.3. The second-order valence-electron chi connectivity index (χ2n) is 5.52. The molecule has 0 bridgehead atoms. The van der Waals surface area contributed by atoms with Crippen molar-refractivity contribution in [2.75, 3.05) is 21.3 Å². The molecule has 1 heterocycles. The number of H-pyrrole nitrogens is 1. The molecule has 0 saturated heterocycles. The molecule has 5 nitrogen and oxygen atoms in total. The Labute approximate surface area is 153 Å². The summed E-state index contributed by atoms with van der Waals surface area (Å²) in [6.45, 7) is 1.72. The molecule has 1 N–H and O–H groups in total. The van der Waals surface area contributed by atoms with Gasteiger partial charge in [0.25, 0.3) is 0 Å². The standard InChI is InChI=1S/C18H17F2NO4Se/c1-9-18(11-7-12(19)13(20)8-14(11)21-9)26(22)10-5-15(23-2)17(25-4)16(6-10)24-3/h5-8,21H,1-4H3. The normalized spacial score (nSPS) is 12.2. The van der Waals surface area contributed by atoms with Gasteiger partial charge in [0.05, 0.1) is 0 Å². The van der Waals surface area contributed by atoms with Gasteiger partial charge in [-0.2, -0.15) is 0 Å². The van der Waals surface area contributed by atoms with Crippen molar-refractivity contribution in [1.29, 1.82) is 0 Å². The van der Waals surface area contributed by atoms with E-state index in [9.17, 15) is 12.6 Å².